The van der Waals surface area contributed by atoms with Gasteiger partial charge in [-0.1, -0.05) is 0 Å². The molecule has 1 aromatic carbocycles. The molecular weight excluding hydrogens is 336 g/mol. The van der Waals surface area contributed by atoms with Crippen LogP contribution in [0.5, 0.6) is 0 Å². The summed E-state index contributed by atoms with van der Waals surface area (Å²) in [6.45, 7) is 5.41. The normalized spacial score (nSPS) is 11.9. The van der Waals surface area contributed by atoms with Gasteiger partial charge in [0, 0.05) is 18.5 Å². The van der Waals surface area contributed by atoms with Crippen LogP contribution in [0.3, 0.4) is 0 Å². The van der Waals surface area contributed by atoms with E-state index in [-0.39, 0.29) is 17.0 Å². The van der Waals surface area contributed by atoms with Crippen molar-refractivity contribution >= 4 is 27.3 Å². The number of rotatable bonds is 5. The number of thiazole rings is 1. The Balaban J connectivity index is 2.47. The molecule has 0 saturated heterocycles. The van der Waals surface area contributed by atoms with Crippen LogP contribution in [0.2, 0.25) is 0 Å². The number of aromatic nitrogens is 1. The van der Waals surface area contributed by atoms with Crippen molar-refractivity contribution in [2.45, 2.75) is 32.2 Å². The zero-order valence-electron chi connectivity index (χ0n) is 13.3. The minimum absolute atomic E-state index is 0.0274. The first-order valence-electron chi connectivity index (χ1n) is 6.84. The molecular formula is C15H18N2O4S2. The van der Waals surface area contributed by atoms with Gasteiger partial charge in [-0.25, -0.2) is 18.2 Å². The number of hydrogen-bond acceptors (Lipinski definition) is 5. The monoisotopic (exact) mass is 354 g/mol. The third kappa shape index (κ3) is 3.44. The average molecular weight is 354 g/mol. The Hall–Kier alpha value is -1.77. The van der Waals surface area contributed by atoms with Gasteiger partial charge in [0.2, 0.25) is 10.0 Å². The predicted molar refractivity (Wildman–Crippen MR) is 88.4 cm³/mol. The van der Waals surface area contributed by atoms with Crippen LogP contribution in [0.4, 0.5) is 0 Å². The Morgan fingerprint density at radius 2 is 1.96 bits per heavy atom. The van der Waals surface area contributed by atoms with Crippen LogP contribution in [0, 0.1) is 20.8 Å². The minimum Gasteiger partial charge on any atom is -0.478 e. The van der Waals surface area contributed by atoms with Crippen molar-refractivity contribution in [3.05, 3.63) is 44.9 Å². The van der Waals surface area contributed by atoms with Crippen molar-refractivity contribution in [3.8, 4) is 0 Å². The molecule has 1 aromatic heterocycles. The van der Waals surface area contributed by atoms with Crippen molar-refractivity contribution in [2.24, 2.45) is 0 Å². The summed E-state index contributed by atoms with van der Waals surface area (Å²) in [5.74, 6) is -1.15. The quantitative estimate of drug-likeness (QED) is 0.892. The molecule has 0 atom stereocenters. The molecule has 2 aromatic rings. The smallest absolute Gasteiger partial charge is 0.335 e. The lowest BCUT2D eigenvalue weighted by atomic mass is 10.1. The molecule has 0 aliphatic rings. The number of hydrogen-bond donors (Lipinski definition) is 1. The van der Waals surface area contributed by atoms with E-state index >= 15 is 0 Å². The number of carboxylic acids is 1. The van der Waals surface area contributed by atoms with Gasteiger partial charge in [0.15, 0.2) is 0 Å². The lowest BCUT2D eigenvalue weighted by Gasteiger charge is -2.19. The zero-order chi connectivity index (χ0) is 17.4. The molecule has 0 bridgehead atoms. The fraction of sp³-hybridized carbons (Fsp3) is 0.333. The van der Waals surface area contributed by atoms with Crippen molar-refractivity contribution in [2.75, 3.05) is 7.05 Å². The van der Waals surface area contributed by atoms with Crippen molar-refractivity contribution in [1.82, 2.24) is 9.29 Å². The molecule has 0 fully saturated rings. The molecule has 0 aliphatic carbocycles. The maximum Gasteiger partial charge on any atom is 0.335 e. The minimum atomic E-state index is -3.79. The fourth-order valence-electron chi connectivity index (χ4n) is 2.15. The number of aromatic carboxylic acids is 1. The Bertz CT molecular complexity index is 856. The van der Waals surface area contributed by atoms with Gasteiger partial charge in [-0.05, 0) is 44.0 Å². The standard InChI is InChI=1S/C15H18N2O4S2/c1-9-5-12(15(18)19)6-14(10(9)2)23(20,21)17(4)7-13-11(3)16-8-22-13/h5-6,8H,7H2,1-4H3,(H,18,19). The van der Waals surface area contributed by atoms with E-state index in [2.05, 4.69) is 4.98 Å². The molecule has 23 heavy (non-hydrogen) atoms. The summed E-state index contributed by atoms with van der Waals surface area (Å²) in [7, 11) is -2.31. The number of carbonyl (C=O) groups is 1. The maximum atomic E-state index is 12.8. The van der Waals surface area contributed by atoms with E-state index in [4.69, 9.17) is 5.11 Å². The number of carboxylic acid groups (broad SMARTS) is 1. The molecule has 0 spiro atoms. The predicted octanol–water partition coefficient (Wildman–Crippen LogP) is 2.59. The SMILES string of the molecule is Cc1cc(C(=O)O)cc(S(=O)(=O)N(C)Cc2scnc2C)c1C. The summed E-state index contributed by atoms with van der Waals surface area (Å²) in [5, 5.41) is 9.16. The van der Waals surface area contributed by atoms with E-state index in [1.54, 1.807) is 19.4 Å². The van der Waals surface area contributed by atoms with E-state index in [1.165, 1.54) is 34.8 Å². The Morgan fingerprint density at radius 3 is 2.48 bits per heavy atom. The van der Waals surface area contributed by atoms with E-state index in [0.29, 0.717) is 11.1 Å². The van der Waals surface area contributed by atoms with Gasteiger partial charge in [-0.3, -0.25) is 0 Å². The first-order chi connectivity index (χ1) is 10.6. The summed E-state index contributed by atoms with van der Waals surface area (Å²) < 4.78 is 26.9. The van der Waals surface area contributed by atoms with Crippen molar-refractivity contribution in [3.63, 3.8) is 0 Å². The van der Waals surface area contributed by atoms with Gasteiger partial charge in [-0.15, -0.1) is 11.3 Å². The van der Waals surface area contributed by atoms with Gasteiger partial charge < -0.3 is 5.11 Å². The molecule has 0 radical (unpaired) electrons. The van der Waals surface area contributed by atoms with E-state index in [0.717, 1.165) is 10.6 Å². The van der Waals surface area contributed by atoms with Gasteiger partial charge in [0.1, 0.15) is 0 Å². The second kappa shape index (κ2) is 6.38. The Kier molecular flexibility index (Phi) is 4.88. The molecule has 0 aliphatic heterocycles. The lowest BCUT2D eigenvalue weighted by Crippen LogP contribution is -2.27. The highest BCUT2D eigenvalue weighted by Crippen LogP contribution is 2.26. The zero-order valence-corrected chi connectivity index (χ0v) is 15.0. The highest BCUT2D eigenvalue weighted by atomic mass is 32.2. The number of benzene rings is 1. The largest absolute Gasteiger partial charge is 0.478 e. The second-order valence-corrected chi connectivity index (χ2v) is 8.30. The van der Waals surface area contributed by atoms with E-state index in [1.807, 2.05) is 6.92 Å². The summed E-state index contributed by atoms with van der Waals surface area (Å²) in [5.41, 5.74) is 3.62. The van der Waals surface area contributed by atoms with Crippen LogP contribution in [0.1, 0.15) is 32.1 Å². The number of aryl methyl sites for hydroxylation is 2. The summed E-state index contributed by atoms with van der Waals surface area (Å²) >= 11 is 1.39. The molecule has 1 heterocycles. The lowest BCUT2D eigenvalue weighted by molar-refractivity contribution is 0.0696. The summed E-state index contributed by atoms with van der Waals surface area (Å²) in [6, 6.07) is 2.69. The third-order valence-corrected chi connectivity index (χ3v) is 6.62. The van der Waals surface area contributed by atoms with Crippen LogP contribution in [0.25, 0.3) is 0 Å². The molecule has 0 unspecified atom stereocenters. The van der Waals surface area contributed by atoms with Crippen molar-refractivity contribution in [1.29, 1.82) is 0 Å². The van der Waals surface area contributed by atoms with Gasteiger partial charge in [0.05, 0.1) is 21.7 Å². The van der Waals surface area contributed by atoms with E-state index in [9.17, 15) is 13.2 Å². The average Bonchev–Trinajstić information content (AvgIpc) is 2.86. The van der Waals surface area contributed by atoms with Crippen LogP contribution < -0.4 is 0 Å². The summed E-state index contributed by atoms with van der Waals surface area (Å²) in [4.78, 5) is 16.2. The van der Waals surface area contributed by atoms with Crippen LogP contribution in [0.15, 0.2) is 22.5 Å². The Labute approximate surface area is 139 Å². The molecule has 8 heteroatoms. The molecule has 0 amide bonds. The third-order valence-electron chi connectivity index (χ3n) is 3.77. The molecule has 2 rings (SSSR count). The molecule has 1 N–H and O–H groups in total. The Morgan fingerprint density at radius 1 is 1.30 bits per heavy atom. The molecule has 6 nitrogen and oxygen atoms in total. The van der Waals surface area contributed by atoms with Gasteiger partial charge in [0.25, 0.3) is 0 Å². The maximum absolute atomic E-state index is 12.8. The van der Waals surface area contributed by atoms with Crippen LogP contribution in [-0.4, -0.2) is 35.8 Å². The van der Waals surface area contributed by atoms with Gasteiger partial charge >= 0.3 is 5.97 Å². The molecule has 0 saturated carbocycles. The molecule has 124 valence electrons. The highest BCUT2D eigenvalue weighted by molar-refractivity contribution is 7.89. The van der Waals surface area contributed by atoms with Crippen LogP contribution >= 0.6 is 11.3 Å². The van der Waals surface area contributed by atoms with Gasteiger partial charge in [-0.2, -0.15) is 4.31 Å². The topological polar surface area (TPSA) is 87.6 Å². The first kappa shape index (κ1) is 17.6. The second-order valence-electron chi connectivity index (χ2n) is 5.34. The number of sulfonamides is 1. The summed E-state index contributed by atoms with van der Waals surface area (Å²) in [6.07, 6.45) is 0. The fourth-order valence-corrected chi connectivity index (χ4v) is 4.52. The highest BCUT2D eigenvalue weighted by Gasteiger charge is 2.26. The number of nitrogens with zero attached hydrogens (tertiary/aromatic N) is 2. The van der Waals surface area contributed by atoms with Crippen molar-refractivity contribution < 1.29 is 18.3 Å². The first-order valence-corrected chi connectivity index (χ1v) is 9.16. The van der Waals surface area contributed by atoms with Crippen LogP contribution in [-0.2, 0) is 16.6 Å². The van der Waals surface area contributed by atoms with E-state index < -0.39 is 16.0 Å².